The first-order valence-corrected chi connectivity index (χ1v) is 10.9. The van der Waals surface area contributed by atoms with Crippen LogP contribution in [0.15, 0.2) is 24.3 Å². The zero-order valence-electron chi connectivity index (χ0n) is 18.0. The Morgan fingerprint density at radius 2 is 1.79 bits per heavy atom. The third-order valence-electron chi connectivity index (χ3n) is 5.80. The van der Waals surface area contributed by atoms with Gasteiger partial charge >= 0.3 is 0 Å². The van der Waals surface area contributed by atoms with Gasteiger partial charge < -0.3 is 10.1 Å². The van der Waals surface area contributed by atoms with Crippen molar-refractivity contribution < 1.29 is 9.53 Å². The van der Waals surface area contributed by atoms with Crippen LogP contribution in [0.4, 0.5) is 0 Å². The Labute approximate surface area is 170 Å². The van der Waals surface area contributed by atoms with Gasteiger partial charge in [0.15, 0.2) is 0 Å². The summed E-state index contributed by atoms with van der Waals surface area (Å²) in [5.41, 5.74) is 2.51. The minimum absolute atomic E-state index is 0.110. The Hall–Kier alpha value is -1.43. The standard InChI is InChI=1S/C23H37N3O2/c1-17(2)22(26-14-18(3)28-19(4)15-26)23(27)24-13-20-8-7-9-21(12-20)16-25-10-5-6-11-25/h7-9,12,17-19,22H,5-6,10-11,13-16H2,1-4H3,(H,24,27). The highest BCUT2D eigenvalue weighted by atomic mass is 16.5. The van der Waals surface area contributed by atoms with E-state index in [1.54, 1.807) is 0 Å². The van der Waals surface area contributed by atoms with Crippen molar-refractivity contribution in [3.8, 4) is 0 Å². The molecule has 156 valence electrons. The van der Waals surface area contributed by atoms with Crippen LogP contribution in [0, 0.1) is 5.92 Å². The van der Waals surface area contributed by atoms with Gasteiger partial charge in [0.25, 0.3) is 0 Å². The summed E-state index contributed by atoms with van der Waals surface area (Å²) in [6.45, 7) is 14.1. The van der Waals surface area contributed by atoms with Gasteiger partial charge in [-0.15, -0.1) is 0 Å². The molecule has 1 N–H and O–H groups in total. The van der Waals surface area contributed by atoms with Gasteiger partial charge in [0.1, 0.15) is 0 Å². The Morgan fingerprint density at radius 1 is 1.14 bits per heavy atom. The second-order valence-electron chi connectivity index (χ2n) is 8.92. The van der Waals surface area contributed by atoms with Crippen molar-refractivity contribution in [1.82, 2.24) is 15.1 Å². The molecule has 3 rings (SSSR count). The van der Waals surface area contributed by atoms with Crippen LogP contribution in [0.5, 0.6) is 0 Å². The molecular formula is C23H37N3O2. The molecule has 3 atom stereocenters. The van der Waals surface area contributed by atoms with Gasteiger partial charge in [0.2, 0.25) is 5.91 Å². The first-order valence-electron chi connectivity index (χ1n) is 10.9. The number of nitrogens with one attached hydrogen (secondary N) is 1. The number of carbonyl (C=O) groups is 1. The SMILES string of the molecule is CC1CN(C(C(=O)NCc2cccc(CN3CCCC3)c2)C(C)C)CC(C)O1. The number of likely N-dealkylation sites (tertiary alicyclic amines) is 1. The number of morpholine rings is 1. The normalized spacial score (nSPS) is 25.2. The molecule has 2 fully saturated rings. The smallest absolute Gasteiger partial charge is 0.237 e. The average molecular weight is 388 g/mol. The maximum atomic E-state index is 13.0. The van der Waals surface area contributed by atoms with E-state index in [1.807, 2.05) is 0 Å². The van der Waals surface area contributed by atoms with Crippen LogP contribution in [0.25, 0.3) is 0 Å². The number of nitrogens with zero attached hydrogens (tertiary/aromatic N) is 2. The third-order valence-corrected chi connectivity index (χ3v) is 5.80. The van der Waals surface area contributed by atoms with Crippen LogP contribution in [0.3, 0.4) is 0 Å². The Balaban J connectivity index is 1.58. The van der Waals surface area contributed by atoms with Crippen molar-refractivity contribution in [1.29, 1.82) is 0 Å². The summed E-state index contributed by atoms with van der Waals surface area (Å²) < 4.78 is 5.85. The number of ether oxygens (including phenoxy) is 1. The minimum Gasteiger partial charge on any atom is -0.373 e. The van der Waals surface area contributed by atoms with Gasteiger partial charge in [-0.3, -0.25) is 14.6 Å². The molecule has 2 heterocycles. The number of hydrogen-bond acceptors (Lipinski definition) is 4. The van der Waals surface area contributed by atoms with Crippen molar-refractivity contribution in [2.24, 2.45) is 5.92 Å². The highest BCUT2D eigenvalue weighted by Gasteiger charge is 2.33. The van der Waals surface area contributed by atoms with Gasteiger partial charge in [-0.1, -0.05) is 38.1 Å². The van der Waals surface area contributed by atoms with Gasteiger partial charge in [-0.05, 0) is 56.8 Å². The molecule has 0 aromatic heterocycles. The van der Waals surface area contributed by atoms with Crippen LogP contribution in [-0.2, 0) is 22.6 Å². The lowest BCUT2D eigenvalue weighted by Crippen LogP contribution is -2.56. The Morgan fingerprint density at radius 3 is 2.43 bits per heavy atom. The van der Waals surface area contributed by atoms with Crippen LogP contribution < -0.4 is 5.32 Å². The molecule has 1 aromatic carbocycles. The van der Waals surface area contributed by atoms with E-state index >= 15 is 0 Å². The molecule has 1 aromatic rings. The summed E-state index contributed by atoms with van der Waals surface area (Å²) in [6.07, 6.45) is 2.95. The summed E-state index contributed by atoms with van der Waals surface area (Å²) >= 11 is 0. The first-order chi connectivity index (χ1) is 13.4. The lowest BCUT2D eigenvalue weighted by molar-refractivity contribution is -0.135. The lowest BCUT2D eigenvalue weighted by Gasteiger charge is -2.41. The maximum absolute atomic E-state index is 13.0. The van der Waals surface area contributed by atoms with E-state index in [0.29, 0.717) is 6.54 Å². The molecule has 0 radical (unpaired) electrons. The quantitative estimate of drug-likeness (QED) is 0.781. The van der Waals surface area contributed by atoms with Gasteiger partial charge in [-0.2, -0.15) is 0 Å². The van der Waals surface area contributed by atoms with Crippen molar-refractivity contribution in [2.45, 2.75) is 71.9 Å². The van der Waals surface area contributed by atoms with E-state index in [9.17, 15) is 4.79 Å². The highest BCUT2D eigenvalue weighted by molar-refractivity contribution is 5.82. The molecule has 0 aliphatic carbocycles. The van der Waals surface area contributed by atoms with E-state index in [4.69, 9.17) is 4.74 Å². The topological polar surface area (TPSA) is 44.8 Å². The van der Waals surface area contributed by atoms with E-state index in [1.165, 1.54) is 37.1 Å². The van der Waals surface area contributed by atoms with Gasteiger partial charge in [0, 0.05) is 26.2 Å². The average Bonchev–Trinajstić information content (AvgIpc) is 3.12. The fourth-order valence-corrected chi connectivity index (χ4v) is 4.67. The fourth-order valence-electron chi connectivity index (χ4n) is 4.67. The predicted molar refractivity (Wildman–Crippen MR) is 113 cm³/mol. The molecule has 0 saturated carbocycles. The first kappa shape index (κ1) is 21.3. The van der Waals surface area contributed by atoms with E-state index in [-0.39, 0.29) is 30.1 Å². The van der Waals surface area contributed by atoms with Gasteiger partial charge in [0.05, 0.1) is 18.2 Å². The minimum atomic E-state index is -0.110. The Kier molecular flexibility index (Phi) is 7.49. The summed E-state index contributed by atoms with van der Waals surface area (Å²) in [4.78, 5) is 17.8. The second kappa shape index (κ2) is 9.86. The molecule has 2 aliphatic rings. The lowest BCUT2D eigenvalue weighted by atomic mass is 9.99. The van der Waals surface area contributed by atoms with E-state index < -0.39 is 0 Å². The van der Waals surface area contributed by atoms with Crippen LogP contribution in [0.1, 0.15) is 51.7 Å². The number of amides is 1. The number of rotatable bonds is 7. The summed E-state index contributed by atoms with van der Waals surface area (Å²) in [7, 11) is 0. The zero-order chi connectivity index (χ0) is 20.1. The number of hydrogen-bond donors (Lipinski definition) is 1. The zero-order valence-corrected chi connectivity index (χ0v) is 18.0. The van der Waals surface area contributed by atoms with Crippen molar-refractivity contribution in [3.63, 3.8) is 0 Å². The highest BCUT2D eigenvalue weighted by Crippen LogP contribution is 2.19. The summed E-state index contributed by atoms with van der Waals surface area (Å²) in [6, 6.07) is 8.54. The maximum Gasteiger partial charge on any atom is 0.237 e. The second-order valence-corrected chi connectivity index (χ2v) is 8.92. The summed E-state index contributed by atoms with van der Waals surface area (Å²) in [5.74, 6) is 0.389. The van der Waals surface area contributed by atoms with Crippen LogP contribution in [0.2, 0.25) is 0 Å². The Bertz CT molecular complexity index is 632. The molecule has 2 aliphatic heterocycles. The number of benzene rings is 1. The number of carbonyl (C=O) groups excluding carboxylic acids is 1. The van der Waals surface area contributed by atoms with Crippen LogP contribution >= 0.6 is 0 Å². The molecule has 2 saturated heterocycles. The molecule has 5 heteroatoms. The van der Waals surface area contributed by atoms with Crippen molar-refractivity contribution >= 4 is 5.91 Å². The molecular weight excluding hydrogens is 350 g/mol. The fraction of sp³-hybridized carbons (Fsp3) is 0.696. The monoisotopic (exact) mass is 387 g/mol. The predicted octanol–water partition coefficient (Wildman–Crippen LogP) is 3.03. The third kappa shape index (κ3) is 5.79. The molecule has 0 spiro atoms. The summed E-state index contributed by atoms with van der Waals surface area (Å²) in [5, 5.41) is 3.19. The molecule has 5 nitrogen and oxygen atoms in total. The van der Waals surface area contributed by atoms with Crippen molar-refractivity contribution in [2.75, 3.05) is 26.2 Å². The molecule has 1 amide bonds. The van der Waals surface area contributed by atoms with Crippen molar-refractivity contribution in [3.05, 3.63) is 35.4 Å². The van der Waals surface area contributed by atoms with E-state index in [0.717, 1.165) is 19.6 Å². The van der Waals surface area contributed by atoms with E-state index in [2.05, 4.69) is 67.1 Å². The molecule has 0 bridgehead atoms. The largest absolute Gasteiger partial charge is 0.373 e. The van der Waals surface area contributed by atoms with Crippen LogP contribution in [-0.4, -0.2) is 60.1 Å². The van der Waals surface area contributed by atoms with Gasteiger partial charge in [-0.25, -0.2) is 0 Å². The molecule has 3 unspecified atom stereocenters. The molecule has 28 heavy (non-hydrogen) atoms.